The van der Waals surface area contributed by atoms with Gasteiger partial charge in [0, 0.05) is 0 Å². The summed E-state index contributed by atoms with van der Waals surface area (Å²) in [4.78, 5) is 45.9. The highest BCUT2D eigenvalue weighted by atomic mass is 32.5. The molecule has 3 saturated heterocycles. The van der Waals surface area contributed by atoms with Gasteiger partial charge in [-0.1, -0.05) is 0 Å². The van der Waals surface area contributed by atoms with Crippen molar-refractivity contribution >= 4 is 60.3 Å². The van der Waals surface area contributed by atoms with E-state index < -0.39 is 76.8 Å². The Hall–Kier alpha value is -2.82. The third-order valence-corrected chi connectivity index (χ3v) is 9.80. The smallest absolute Gasteiger partial charge is 0.386 e. The van der Waals surface area contributed by atoms with E-state index >= 15 is 0 Å². The summed E-state index contributed by atoms with van der Waals surface area (Å²) < 4.78 is 49.4. The normalized spacial score (nSPS) is 38.3. The van der Waals surface area contributed by atoms with Crippen LogP contribution in [-0.2, 0) is 43.9 Å². The molecule has 7 heterocycles. The fraction of sp³-hybridized carbons (Fsp3) is 0.500. The monoisotopic (exact) mass is 674 g/mol. The zero-order valence-electron chi connectivity index (χ0n) is 22.0. The van der Waals surface area contributed by atoms with Crippen molar-refractivity contribution in [3.05, 3.63) is 25.3 Å². The molecule has 3 fully saturated rings. The van der Waals surface area contributed by atoms with E-state index in [0.29, 0.717) is 0 Å². The number of phosphoric acid groups is 1. The SMILES string of the molecule is Nc1ncnc2c1ncn2[C@@H]1O[C@@H]2COP(=O)(O)O[C@@H]3C(COP(O)(=S)O[C@H]2[C@H]1O)O[C@@H](n1cnc2c(N)ncnc21)[C@@H]3O. The van der Waals surface area contributed by atoms with Crippen molar-refractivity contribution in [2.24, 2.45) is 0 Å². The van der Waals surface area contributed by atoms with Crippen LogP contribution in [0.25, 0.3) is 22.3 Å². The molecule has 21 nitrogen and oxygen atoms in total. The van der Waals surface area contributed by atoms with Gasteiger partial charge in [-0.15, -0.1) is 0 Å². The lowest BCUT2D eigenvalue weighted by molar-refractivity contribution is -0.0629. The number of imidazole rings is 2. The van der Waals surface area contributed by atoms with Crippen molar-refractivity contribution in [2.75, 3.05) is 24.7 Å². The Labute approximate surface area is 250 Å². The number of rotatable bonds is 2. The van der Waals surface area contributed by atoms with Crippen LogP contribution in [0.1, 0.15) is 12.5 Å². The molecule has 0 bridgehead atoms. The first kappa shape index (κ1) is 29.9. The van der Waals surface area contributed by atoms with Gasteiger partial charge >= 0.3 is 14.5 Å². The molecule has 4 aromatic heterocycles. The van der Waals surface area contributed by atoms with Crippen LogP contribution in [0.3, 0.4) is 0 Å². The van der Waals surface area contributed by atoms with E-state index in [2.05, 4.69) is 29.9 Å². The Morgan fingerprint density at radius 3 is 1.77 bits per heavy atom. The van der Waals surface area contributed by atoms with E-state index in [1.165, 1.54) is 34.4 Å². The molecule has 0 radical (unpaired) electrons. The summed E-state index contributed by atoms with van der Waals surface area (Å²) >= 11 is 5.20. The first-order valence-corrected chi connectivity index (χ1v) is 16.9. The number of fused-ring (bicyclic) bond motifs is 4. The number of hydrogen-bond donors (Lipinski definition) is 6. The summed E-state index contributed by atoms with van der Waals surface area (Å²) in [6, 6.07) is 0. The second kappa shape index (κ2) is 10.9. The highest BCUT2D eigenvalue weighted by Crippen LogP contribution is 2.54. The highest BCUT2D eigenvalue weighted by Gasteiger charge is 2.53. The van der Waals surface area contributed by atoms with Crippen LogP contribution in [-0.4, -0.2) is 109 Å². The number of hydrogen-bond acceptors (Lipinski definition) is 18. The molecule has 3 aliphatic heterocycles. The molecule has 44 heavy (non-hydrogen) atoms. The zero-order chi connectivity index (χ0) is 31.0. The number of aliphatic hydroxyl groups is 2. The lowest BCUT2D eigenvalue weighted by atomic mass is 10.1. The molecular formula is C20H24N10O11P2S. The highest BCUT2D eigenvalue weighted by molar-refractivity contribution is 8.07. The largest absolute Gasteiger partial charge is 0.472 e. The molecule has 4 aromatic rings. The predicted octanol–water partition coefficient (Wildman–Crippen LogP) is -1.52. The second-order valence-electron chi connectivity index (χ2n) is 9.95. The lowest BCUT2D eigenvalue weighted by Gasteiger charge is -2.29. The number of nitrogens with zero attached hydrogens (tertiary/aromatic N) is 8. The second-order valence-corrected chi connectivity index (χ2v) is 14.1. The number of phosphoric ester groups is 1. The van der Waals surface area contributed by atoms with Crippen molar-refractivity contribution in [1.82, 2.24) is 39.0 Å². The average Bonchev–Trinajstić information content (AvgIpc) is 3.73. The predicted molar refractivity (Wildman–Crippen MR) is 147 cm³/mol. The minimum absolute atomic E-state index is 0.0783. The molecule has 24 heteroatoms. The van der Waals surface area contributed by atoms with E-state index in [-0.39, 0.29) is 34.0 Å². The van der Waals surface area contributed by atoms with Crippen LogP contribution in [0.5, 0.6) is 0 Å². The molecule has 0 aromatic carbocycles. The van der Waals surface area contributed by atoms with Crippen LogP contribution >= 0.6 is 14.5 Å². The molecule has 0 saturated carbocycles. The summed E-state index contributed by atoms with van der Waals surface area (Å²) in [7, 11) is -4.95. The Bertz CT molecular complexity index is 1700. The van der Waals surface area contributed by atoms with Crippen molar-refractivity contribution < 1.29 is 52.1 Å². The van der Waals surface area contributed by atoms with Gasteiger partial charge < -0.3 is 45.5 Å². The van der Waals surface area contributed by atoms with E-state index in [0.717, 1.165) is 0 Å². The first-order chi connectivity index (χ1) is 20.9. The molecule has 7 rings (SSSR count). The number of aromatic nitrogens is 8. The number of nitrogen functional groups attached to an aromatic ring is 2. The van der Waals surface area contributed by atoms with Crippen molar-refractivity contribution in [3.8, 4) is 0 Å². The molecule has 3 unspecified atom stereocenters. The zero-order valence-corrected chi connectivity index (χ0v) is 24.6. The minimum Gasteiger partial charge on any atom is -0.386 e. The molecular weight excluding hydrogens is 650 g/mol. The molecule has 3 aliphatic rings. The van der Waals surface area contributed by atoms with Crippen LogP contribution in [0.15, 0.2) is 25.3 Å². The topological polar surface area (TPSA) is 293 Å². The fourth-order valence-corrected chi connectivity index (χ4v) is 7.65. The Morgan fingerprint density at radius 2 is 1.25 bits per heavy atom. The number of aliphatic hydroxyl groups excluding tert-OH is 2. The van der Waals surface area contributed by atoms with E-state index in [9.17, 15) is 24.6 Å². The molecule has 0 amide bonds. The third-order valence-electron chi connectivity index (χ3n) is 7.26. The lowest BCUT2D eigenvalue weighted by Crippen LogP contribution is -2.39. The fourth-order valence-electron chi connectivity index (χ4n) is 5.24. The van der Waals surface area contributed by atoms with Crippen LogP contribution in [0.4, 0.5) is 11.6 Å². The molecule has 8 N–H and O–H groups in total. The quantitative estimate of drug-likeness (QED) is 0.132. The van der Waals surface area contributed by atoms with Crippen LogP contribution in [0, 0.1) is 0 Å². The van der Waals surface area contributed by atoms with E-state index in [4.69, 9.17) is 50.8 Å². The van der Waals surface area contributed by atoms with Gasteiger partial charge in [0.25, 0.3) is 0 Å². The Morgan fingerprint density at radius 1 is 0.773 bits per heavy atom. The molecule has 236 valence electrons. The van der Waals surface area contributed by atoms with Gasteiger partial charge in [0.05, 0.1) is 25.9 Å². The maximum absolute atomic E-state index is 13.1. The van der Waals surface area contributed by atoms with Crippen LogP contribution in [0.2, 0.25) is 0 Å². The Kier molecular flexibility index (Phi) is 7.41. The summed E-state index contributed by atoms with van der Waals surface area (Å²) in [5.74, 6) is 0.162. The molecule has 0 aliphatic carbocycles. The van der Waals surface area contributed by atoms with E-state index in [1.54, 1.807) is 0 Å². The number of anilines is 2. The number of ether oxygens (including phenoxy) is 2. The maximum atomic E-state index is 13.1. The van der Waals surface area contributed by atoms with Crippen molar-refractivity contribution in [3.63, 3.8) is 0 Å². The minimum atomic E-state index is -4.95. The maximum Gasteiger partial charge on any atom is 0.472 e. The number of nitrogens with two attached hydrogens (primary N) is 2. The van der Waals surface area contributed by atoms with E-state index in [1.807, 2.05) is 0 Å². The van der Waals surface area contributed by atoms with Gasteiger partial charge in [-0.3, -0.25) is 22.7 Å². The summed E-state index contributed by atoms with van der Waals surface area (Å²) in [5, 5.41) is 22.4. The van der Waals surface area contributed by atoms with Gasteiger partial charge in [-0.2, -0.15) is 0 Å². The summed E-state index contributed by atoms with van der Waals surface area (Å²) in [6.07, 6.45) is -6.22. The third kappa shape index (κ3) is 5.16. The first-order valence-electron chi connectivity index (χ1n) is 12.8. The van der Waals surface area contributed by atoms with Gasteiger partial charge in [0.1, 0.15) is 60.3 Å². The summed E-state index contributed by atoms with van der Waals surface area (Å²) in [5.41, 5.74) is 12.6. The average molecular weight is 674 g/mol. The van der Waals surface area contributed by atoms with Gasteiger partial charge in [-0.25, -0.2) is 34.5 Å². The van der Waals surface area contributed by atoms with Gasteiger partial charge in [0.15, 0.2) is 35.4 Å². The van der Waals surface area contributed by atoms with Crippen molar-refractivity contribution in [1.29, 1.82) is 0 Å². The van der Waals surface area contributed by atoms with Gasteiger partial charge in [-0.05, 0) is 11.8 Å². The Balaban J connectivity index is 1.17. The standard InChI is InChI=1S/C20H24N10O11P2S/c21-15-9-17(25-3-23-15)29(5-27-9)19-11(31)13-8(39-19)2-37-43(35,44)41-14-7(1-36-42(33,34)40-13)38-20(12(14)32)30-6-28-10-16(22)24-4-26-18(10)30/h3-8,11-14,19-20,31-32H,1-2H2,(H,33,34)(H,35,44)(H2,21,23,25)(H2,22,24,26)/t7-,8?,11-,12-,13-,14-,19-,20-,43?/m1/s1. The molecule has 10 atom stereocenters. The molecule has 0 spiro atoms. The van der Waals surface area contributed by atoms with Gasteiger partial charge in [0.2, 0.25) is 0 Å². The van der Waals surface area contributed by atoms with Crippen LogP contribution < -0.4 is 11.5 Å². The summed E-state index contributed by atoms with van der Waals surface area (Å²) in [6.45, 7) is -5.43. The van der Waals surface area contributed by atoms with Crippen molar-refractivity contribution in [2.45, 2.75) is 49.1 Å².